The zero-order valence-corrected chi connectivity index (χ0v) is 10.0. The molecule has 102 valence electrons. The number of nitrogen functional groups attached to an aromatic ring is 1. The minimum Gasteiger partial charge on any atom is -0.388 e. The molecule has 0 amide bonds. The normalized spacial score (nSPS) is 15.2. The topological polar surface area (TPSA) is 84.1 Å². The van der Waals surface area contributed by atoms with Crippen molar-refractivity contribution in [3.8, 4) is 0 Å². The average molecular weight is 264 g/mol. The second-order valence-electron chi connectivity index (χ2n) is 4.20. The van der Waals surface area contributed by atoms with Gasteiger partial charge in [-0.15, -0.1) is 0 Å². The molecule has 8 heteroatoms. The van der Waals surface area contributed by atoms with Gasteiger partial charge in [-0.25, -0.2) is 9.97 Å². The summed E-state index contributed by atoms with van der Waals surface area (Å²) >= 11 is 0. The lowest BCUT2D eigenvalue weighted by Gasteiger charge is -2.22. The molecular weight excluding hydrogens is 249 g/mol. The van der Waals surface area contributed by atoms with Gasteiger partial charge < -0.3 is 16.2 Å². The summed E-state index contributed by atoms with van der Waals surface area (Å²) in [5.74, 6) is -1.65. The minimum atomic E-state index is -4.65. The van der Waals surface area contributed by atoms with Crippen molar-refractivity contribution in [1.82, 2.24) is 9.97 Å². The summed E-state index contributed by atoms with van der Waals surface area (Å²) in [5, 5.41) is 12.3. The fourth-order valence-corrected chi connectivity index (χ4v) is 1.09. The molecular formula is C10H15F3N4O. The number of hydrogen-bond donors (Lipinski definition) is 3. The van der Waals surface area contributed by atoms with Gasteiger partial charge in [0.2, 0.25) is 5.82 Å². The van der Waals surface area contributed by atoms with Crippen LogP contribution in [0.4, 0.5) is 24.8 Å². The summed E-state index contributed by atoms with van der Waals surface area (Å²) in [5.41, 5.74) is 4.24. The lowest BCUT2D eigenvalue weighted by atomic mass is 10.0. The van der Waals surface area contributed by atoms with Crippen LogP contribution in [0.25, 0.3) is 0 Å². The first kappa shape index (κ1) is 14.5. The summed E-state index contributed by atoms with van der Waals surface area (Å²) in [4.78, 5) is 6.41. The van der Waals surface area contributed by atoms with Crippen LogP contribution in [0.5, 0.6) is 0 Å². The van der Waals surface area contributed by atoms with Gasteiger partial charge in [0.1, 0.15) is 11.6 Å². The first-order valence-corrected chi connectivity index (χ1v) is 5.32. The van der Waals surface area contributed by atoms with Gasteiger partial charge in [-0.05, 0) is 13.3 Å². The Hall–Kier alpha value is -1.57. The highest BCUT2D eigenvalue weighted by molar-refractivity contribution is 5.45. The van der Waals surface area contributed by atoms with E-state index in [4.69, 9.17) is 5.73 Å². The van der Waals surface area contributed by atoms with Gasteiger partial charge in [-0.3, -0.25) is 0 Å². The van der Waals surface area contributed by atoms with E-state index in [1.54, 1.807) is 13.8 Å². The van der Waals surface area contributed by atoms with E-state index in [-0.39, 0.29) is 18.2 Å². The first-order chi connectivity index (χ1) is 8.14. The van der Waals surface area contributed by atoms with E-state index in [2.05, 4.69) is 15.3 Å². The molecule has 1 atom stereocenters. The van der Waals surface area contributed by atoms with Gasteiger partial charge in [-0.2, -0.15) is 13.2 Å². The van der Waals surface area contributed by atoms with Crippen molar-refractivity contribution in [2.24, 2.45) is 0 Å². The minimum absolute atomic E-state index is 0.0662. The van der Waals surface area contributed by atoms with Crippen LogP contribution in [-0.4, -0.2) is 27.2 Å². The van der Waals surface area contributed by atoms with Crippen molar-refractivity contribution < 1.29 is 18.3 Å². The molecule has 1 unspecified atom stereocenters. The lowest BCUT2D eigenvalue weighted by molar-refractivity contribution is -0.144. The maximum Gasteiger partial charge on any atom is 0.451 e. The molecule has 0 fully saturated rings. The molecule has 0 aliphatic rings. The Kier molecular flexibility index (Phi) is 4.00. The van der Waals surface area contributed by atoms with E-state index in [1.165, 1.54) is 6.07 Å². The summed E-state index contributed by atoms with van der Waals surface area (Å²) in [6, 6.07) is 1.18. The van der Waals surface area contributed by atoms with Crippen molar-refractivity contribution in [2.75, 3.05) is 17.6 Å². The van der Waals surface area contributed by atoms with E-state index in [9.17, 15) is 18.3 Å². The molecule has 0 aliphatic heterocycles. The molecule has 1 rings (SSSR count). The second-order valence-corrected chi connectivity index (χ2v) is 4.20. The molecule has 0 aromatic carbocycles. The number of aromatic nitrogens is 2. The van der Waals surface area contributed by atoms with E-state index in [0.717, 1.165) is 0 Å². The van der Waals surface area contributed by atoms with Crippen LogP contribution in [0.3, 0.4) is 0 Å². The van der Waals surface area contributed by atoms with Crippen LogP contribution in [0.1, 0.15) is 26.1 Å². The SMILES string of the molecule is CCC(C)(O)CNc1cc(N)nc(C(F)(F)F)n1. The Balaban J connectivity index is 2.88. The molecule has 0 saturated heterocycles. The molecule has 4 N–H and O–H groups in total. The molecule has 1 aromatic rings. The van der Waals surface area contributed by atoms with Crippen molar-refractivity contribution >= 4 is 11.6 Å². The second kappa shape index (κ2) is 4.97. The molecule has 1 aromatic heterocycles. The smallest absolute Gasteiger partial charge is 0.388 e. The highest BCUT2D eigenvalue weighted by Gasteiger charge is 2.35. The van der Waals surface area contributed by atoms with Crippen LogP contribution >= 0.6 is 0 Å². The Morgan fingerprint density at radius 3 is 2.50 bits per heavy atom. The zero-order chi connectivity index (χ0) is 14.0. The fourth-order valence-electron chi connectivity index (χ4n) is 1.09. The molecule has 0 saturated carbocycles. The molecule has 0 bridgehead atoms. The number of rotatable bonds is 4. The maximum atomic E-state index is 12.4. The Morgan fingerprint density at radius 2 is 2.00 bits per heavy atom. The molecule has 18 heavy (non-hydrogen) atoms. The third-order valence-corrected chi connectivity index (χ3v) is 2.41. The van der Waals surface area contributed by atoms with Crippen molar-refractivity contribution in [3.05, 3.63) is 11.9 Å². The molecule has 0 aliphatic carbocycles. The summed E-state index contributed by atoms with van der Waals surface area (Å²) < 4.78 is 37.3. The number of anilines is 2. The predicted octanol–water partition coefficient (Wildman–Crippen LogP) is 1.65. The van der Waals surface area contributed by atoms with Gasteiger partial charge in [0.15, 0.2) is 0 Å². The van der Waals surface area contributed by atoms with Crippen LogP contribution in [0, 0.1) is 0 Å². The number of aliphatic hydroxyl groups is 1. The Bertz CT molecular complexity index is 420. The van der Waals surface area contributed by atoms with Gasteiger partial charge >= 0.3 is 6.18 Å². The van der Waals surface area contributed by atoms with Gasteiger partial charge in [0, 0.05) is 12.6 Å². The monoisotopic (exact) mass is 264 g/mol. The van der Waals surface area contributed by atoms with E-state index >= 15 is 0 Å². The van der Waals surface area contributed by atoms with Crippen molar-refractivity contribution in [1.29, 1.82) is 0 Å². The quantitative estimate of drug-likeness (QED) is 0.770. The van der Waals surface area contributed by atoms with Crippen LogP contribution in [0.15, 0.2) is 6.07 Å². The highest BCUT2D eigenvalue weighted by atomic mass is 19.4. The third kappa shape index (κ3) is 4.02. The predicted molar refractivity (Wildman–Crippen MR) is 60.9 cm³/mol. The molecule has 0 radical (unpaired) electrons. The zero-order valence-electron chi connectivity index (χ0n) is 10.0. The number of nitrogens with one attached hydrogen (secondary N) is 1. The van der Waals surface area contributed by atoms with Crippen LogP contribution in [0.2, 0.25) is 0 Å². The standard InChI is InChI=1S/C10H15F3N4O/c1-3-9(2,18)5-15-7-4-6(14)16-8(17-7)10(11,12)13/h4,18H,3,5H2,1-2H3,(H3,14,15,16,17). The average Bonchev–Trinajstić information content (AvgIpc) is 2.25. The number of halogens is 3. The largest absolute Gasteiger partial charge is 0.451 e. The molecule has 1 heterocycles. The third-order valence-electron chi connectivity index (χ3n) is 2.41. The van der Waals surface area contributed by atoms with Crippen LogP contribution in [-0.2, 0) is 6.18 Å². The number of nitrogens with two attached hydrogens (primary N) is 1. The van der Waals surface area contributed by atoms with Gasteiger partial charge in [-0.1, -0.05) is 6.92 Å². The number of nitrogens with zero attached hydrogens (tertiary/aromatic N) is 2. The molecule has 5 nitrogen and oxygen atoms in total. The van der Waals surface area contributed by atoms with Crippen molar-refractivity contribution in [2.45, 2.75) is 32.0 Å². The first-order valence-electron chi connectivity index (χ1n) is 5.32. The van der Waals surface area contributed by atoms with Crippen molar-refractivity contribution in [3.63, 3.8) is 0 Å². The Morgan fingerprint density at radius 1 is 1.39 bits per heavy atom. The highest BCUT2D eigenvalue weighted by Crippen LogP contribution is 2.27. The summed E-state index contributed by atoms with van der Waals surface area (Å²) in [6.07, 6.45) is -4.20. The summed E-state index contributed by atoms with van der Waals surface area (Å²) in [6.45, 7) is 3.39. The maximum absolute atomic E-state index is 12.4. The Labute approximate surface area is 102 Å². The fraction of sp³-hybridized carbons (Fsp3) is 0.600. The lowest BCUT2D eigenvalue weighted by Crippen LogP contribution is -2.32. The van der Waals surface area contributed by atoms with Gasteiger partial charge in [0.05, 0.1) is 5.60 Å². The van der Waals surface area contributed by atoms with Gasteiger partial charge in [0.25, 0.3) is 0 Å². The van der Waals surface area contributed by atoms with E-state index in [0.29, 0.717) is 6.42 Å². The van der Waals surface area contributed by atoms with E-state index in [1.807, 2.05) is 0 Å². The van der Waals surface area contributed by atoms with Crippen LogP contribution < -0.4 is 11.1 Å². The summed E-state index contributed by atoms with van der Waals surface area (Å²) in [7, 11) is 0. The number of alkyl halides is 3. The molecule has 0 spiro atoms. The number of hydrogen-bond acceptors (Lipinski definition) is 5. The van der Waals surface area contributed by atoms with E-state index < -0.39 is 17.6 Å².